The molecular formula is C12H11NO2S. The Morgan fingerprint density at radius 3 is 3.06 bits per heavy atom. The second-order valence-corrected chi connectivity index (χ2v) is 4.35. The summed E-state index contributed by atoms with van der Waals surface area (Å²) in [5.74, 6) is 0.607. The summed E-state index contributed by atoms with van der Waals surface area (Å²) in [6, 6.07) is 5.54. The van der Waals surface area contributed by atoms with Gasteiger partial charge >= 0.3 is 0 Å². The lowest BCUT2D eigenvalue weighted by atomic mass is 10.1. The molecule has 0 saturated carbocycles. The molecule has 0 atom stereocenters. The van der Waals surface area contributed by atoms with Crippen molar-refractivity contribution >= 4 is 17.6 Å². The summed E-state index contributed by atoms with van der Waals surface area (Å²) in [6.45, 7) is 2.35. The molecular weight excluding hydrogens is 222 g/mol. The van der Waals surface area contributed by atoms with Crippen LogP contribution in [-0.4, -0.2) is 11.3 Å². The molecule has 0 aliphatic carbocycles. The standard InChI is InChI=1S/C12H11NO2S/c1-9-2-3-11(10(6-9)7-14)15-8-12-13-4-5-16-12/h2-7H,8H2,1H3. The highest BCUT2D eigenvalue weighted by Gasteiger charge is 2.04. The Hall–Kier alpha value is -1.68. The van der Waals surface area contributed by atoms with Gasteiger partial charge in [-0.3, -0.25) is 4.79 Å². The summed E-state index contributed by atoms with van der Waals surface area (Å²) >= 11 is 1.53. The molecule has 1 aromatic carbocycles. The molecule has 0 bridgehead atoms. The van der Waals surface area contributed by atoms with Crippen molar-refractivity contribution in [3.63, 3.8) is 0 Å². The predicted octanol–water partition coefficient (Wildman–Crippen LogP) is 2.84. The van der Waals surface area contributed by atoms with Crippen LogP contribution in [0.4, 0.5) is 0 Å². The largest absolute Gasteiger partial charge is 0.486 e. The fourth-order valence-corrected chi connectivity index (χ4v) is 1.88. The van der Waals surface area contributed by atoms with Gasteiger partial charge in [0.05, 0.1) is 5.56 Å². The zero-order valence-electron chi connectivity index (χ0n) is 8.84. The molecule has 0 fully saturated rings. The molecule has 0 saturated heterocycles. The number of benzene rings is 1. The first-order chi connectivity index (χ1) is 7.79. The first-order valence-electron chi connectivity index (χ1n) is 4.86. The fourth-order valence-electron chi connectivity index (χ4n) is 1.36. The van der Waals surface area contributed by atoms with E-state index in [9.17, 15) is 4.79 Å². The van der Waals surface area contributed by atoms with Crippen LogP contribution in [0, 0.1) is 6.92 Å². The van der Waals surface area contributed by atoms with Crippen molar-refractivity contribution in [2.45, 2.75) is 13.5 Å². The van der Waals surface area contributed by atoms with Crippen LogP contribution in [0.2, 0.25) is 0 Å². The van der Waals surface area contributed by atoms with Gasteiger partial charge in [-0.1, -0.05) is 11.6 Å². The molecule has 82 valence electrons. The number of aryl methyl sites for hydroxylation is 1. The fraction of sp³-hybridized carbons (Fsp3) is 0.167. The molecule has 0 N–H and O–H groups in total. The molecule has 3 nitrogen and oxygen atoms in total. The van der Waals surface area contributed by atoms with Gasteiger partial charge in [0.25, 0.3) is 0 Å². The number of carbonyl (C=O) groups excluding carboxylic acids is 1. The predicted molar refractivity (Wildman–Crippen MR) is 63.0 cm³/mol. The maximum atomic E-state index is 10.8. The Morgan fingerprint density at radius 2 is 2.38 bits per heavy atom. The number of hydrogen-bond donors (Lipinski definition) is 0. The first-order valence-corrected chi connectivity index (χ1v) is 5.74. The van der Waals surface area contributed by atoms with E-state index < -0.39 is 0 Å². The second-order valence-electron chi connectivity index (χ2n) is 3.37. The minimum Gasteiger partial charge on any atom is -0.486 e. The lowest BCUT2D eigenvalue weighted by Gasteiger charge is -2.07. The SMILES string of the molecule is Cc1ccc(OCc2nccs2)c(C=O)c1. The summed E-state index contributed by atoms with van der Waals surface area (Å²) in [4.78, 5) is 15.0. The van der Waals surface area contributed by atoms with E-state index in [4.69, 9.17) is 4.74 Å². The minimum absolute atomic E-state index is 0.404. The Bertz CT molecular complexity index is 480. The van der Waals surface area contributed by atoms with Gasteiger partial charge in [-0.15, -0.1) is 11.3 Å². The van der Waals surface area contributed by atoms with Crippen molar-refractivity contribution in [1.82, 2.24) is 4.98 Å². The van der Waals surface area contributed by atoms with Crippen molar-refractivity contribution in [3.05, 3.63) is 45.9 Å². The molecule has 0 aliphatic heterocycles. The van der Waals surface area contributed by atoms with E-state index in [1.165, 1.54) is 11.3 Å². The van der Waals surface area contributed by atoms with Crippen LogP contribution >= 0.6 is 11.3 Å². The van der Waals surface area contributed by atoms with Crippen molar-refractivity contribution < 1.29 is 9.53 Å². The van der Waals surface area contributed by atoms with Gasteiger partial charge in [0.2, 0.25) is 0 Å². The zero-order chi connectivity index (χ0) is 11.4. The van der Waals surface area contributed by atoms with Gasteiger partial charge in [0.1, 0.15) is 17.4 Å². The van der Waals surface area contributed by atoms with Gasteiger partial charge in [0.15, 0.2) is 6.29 Å². The number of ether oxygens (including phenoxy) is 1. The normalized spacial score (nSPS) is 10.1. The molecule has 1 aromatic heterocycles. The molecule has 16 heavy (non-hydrogen) atoms. The van der Waals surface area contributed by atoms with Gasteiger partial charge in [-0.2, -0.15) is 0 Å². The summed E-state index contributed by atoms with van der Waals surface area (Å²) in [5, 5.41) is 2.80. The highest BCUT2D eigenvalue weighted by atomic mass is 32.1. The molecule has 0 spiro atoms. The van der Waals surface area contributed by atoms with Crippen LogP contribution in [0.1, 0.15) is 20.9 Å². The van der Waals surface area contributed by atoms with Crippen LogP contribution in [0.3, 0.4) is 0 Å². The number of rotatable bonds is 4. The second kappa shape index (κ2) is 4.90. The Labute approximate surface area is 97.7 Å². The number of hydrogen-bond acceptors (Lipinski definition) is 4. The van der Waals surface area contributed by atoms with E-state index in [-0.39, 0.29) is 0 Å². The van der Waals surface area contributed by atoms with Gasteiger partial charge in [-0.05, 0) is 19.1 Å². The van der Waals surface area contributed by atoms with E-state index in [0.29, 0.717) is 17.9 Å². The van der Waals surface area contributed by atoms with Gasteiger partial charge in [0, 0.05) is 11.6 Å². The molecule has 0 amide bonds. The number of thiazole rings is 1. The van der Waals surface area contributed by atoms with Gasteiger partial charge < -0.3 is 4.74 Å². The first kappa shape index (κ1) is 10.8. The highest BCUT2D eigenvalue weighted by Crippen LogP contribution is 2.19. The molecule has 0 aliphatic rings. The minimum atomic E-state index is 0.404. The van der Waals surface area contributed by atoms with E-state index in [1.54, 1.807) is 6.20 Å². The molecule has 2 rings (SSSR count). The molecule has 1 heterocycles. The van der Waals surface area contributed by atoms with Crippen LogP contribution in [0.5, 0.6) is 5.75 Å². The third-order valence-corrected chi connectivity index (χ3v) is 2.88. The quantitative estimate of drug-likeness (QED) is 0.762. The molecule has 0 unspecified atom stereocenters. The van der Waals surface area contributed by atoms with Crippen LogP contribution in [-0.2, 0) is 6.61 Å². The van der Waals surface area contributed by atoms with E-state index in [1.807, 2.05) is 30.5 Å². The monoisotopic (exact) mass is 233 g/mol. The number of carbonyl (C=O) groups is 1. The van der Waals surface area contributed by atoms with E-state index in [2.05, 4.69) is 4.98 Å². The Balaban J connectivity index is 2.12. The summed E-state index contributed by atoms with van der Waals surface area (Å²) in [6.07, 6.45) is 2.54. The summed E-state index contributed by atoms with van der Waals surface area (Å²) < 4.78 is 5.54. The van der Waals surface area contributed by atoms with Crippen LogP contribution in [0.15, 0.2) is 29.8 Å². The average Bonchev–Trinajstić information content (AvgIpc) is 2.80. The maximum Gasteiger partial charge on any atom is 0.153 e. The Morgan fingerprint density at radius 1 is 1.50 bits per heavy atom. The van der Waals surface area contributed by atoms with E-state index in [0.717, 1.165) is 16.9 Å². The van der Waals surface area contributed by atoms with E-state index >= 15 is 0 Å². The maximum absolute atomic E-state index is 10.8. The third kappa shape index (κ3) is 2.46. The van der Waals surface area contributed by atoms with Crippen molar-refractivity contribution in [1.29, 1.82) is 0 Å². The number of aldehydes is 1. The topological polar surface area (TPSA) is 39.2 Å². The lowest BCUT2D eigenvalue weighted by Crippen LogP contribution is -1.98. The average molecular weight is 233 g/mol. The van der Waals surface area contributed by atoms with Crippen LogP contribution in [0.25, 0.3) is 0 Å². The Kier molecular flexibility index (Phi) is 3.31. The van der Waals surface area contributed by atoms with Crippen molar-refractivity contribution in [2.24, 2.45) is 0 Å². The summed E-state index contributed by atoms with van der Waals surface area (Å²) in [7, 11) is 0. The van der Waals surface area contributed by atoms with Crippen molar-refractivity contribution in [2.75, 3.05) is 0 Å². The molecule has 0 radical (unpaired) electrons. The number of nitrogens with zero attached hydrogens (tertiary/aromatic N) is 1. The van der Waals surface area contributed by atoms with Crippen LogP contribution < -0.4 is 4.74 Å². The lowest BCUT2D eigenvalue weighted by molar-refractivity contribution is 0.111. The van der Waals surface area contributed by atoms with Crippen molar-refractivity contribution in [3.8, 4) is 5.75 Å². The smallest absolute Gasteiger partial charge is 0.153 e. The zero-order valence-corrected chi connectivity index (χ0v) is 9.66. The molecule has 2 aromatic rings. The number of aromatic nitrogens is 1. The van der Waals surface area contributed by atoms with Gasteiger partial charge in [-0.25, -0.2) is 4.98 Å². The summed E-state index contributed by atoms with van der Waals surface area (Å²) in [5.41, 5.74) is 1.63. The molecule has 4 heteroatoms. The highest BCUT2D eigenvalue weighted by molar-refractivity contribution is 7.09. The third-order valence-electron chi connectivity index (χ3n) is 2.13.